The Morgan fingerprint density at radius 1 is 1.05 bits per heavy atom. The molecule has 19 heavy (non-hydrogen) atoms. The van der Waals surface area contributed by atoms with E-state index in [1.165, 1.54) is 11.1 Å². The first-order valence-electron chi connectivity index (χ1n) is 6.36. The summed E-state index contributed by atoms with van der Waals surface area (Å²) in [6, 6.07) is 16.7. The second-order valence-corrected chi connectivity index (χ2v) is 5.24. The van der Waals surface area contributed by atoms with Gasteiger partial charge in [0.05, 0.1) is 11.6 Å². The van der Waals surface area contributed by atoms with Crippen molar-refractivity contribution in [3.8, 4) is 5.75 Å². The first-order valence-corrected chi connectivity index (χ1v) is 7.16. The molecule has 1 N–H and O–H groups in total. The Labute approximate surface area is 122 Å². The summed E-state index contributed by atoms with van der Waals surface area (Å²) in [4.78, 5) is 0. The zero-order valence-corrected chi connectivity index (χ0v) is 12.6. The molecule has 0 atom stereocenters. The van der Waals surface area contributed by atoms with E-state index in [4.69, 9.17) is 4.74 Å². The van der Waals surface area contributed by atoms with Crippen LogP contribution in [0.25, 0.3) is 0 Å². The Bertz CT molecular complexity index is 513. The predicted octanol–water partition coefficient (Wildman–Crippen LogP) is 3.79. The van der Waals surface area contributed by atoms with Crippen LogP contribution in [0.4, 0.5) is 0 Å². The fourth-order valence-electron chi connectivity index (χ4n) is 1.93. The highest BCUT2D eigenvalue weighted by atomic mass is 79.9. The van der Waals surface area contributed by atoms with Gasteiger partial charge in [0.2, 0.25) is 0 Å². The number of methoxy groups -OCH3 is 1. The van der Waals surface area contributed by atoms with E-state index >= 15 is 0 Å². The molecule has 0 aliphatic rings. The Hall–Kier alpha value is -1.32. The van der Waals surface area contributed by atoms with E-state index in [1.54, 1.807) is 7.11 Å². The lowest BCUT2D eigenvalue weighted by atomic mass is 10.1. The van der Waals surface area contributed by atoms with E-state index in [1.807, 2.05) is 12.1 Å². The maximum atomic E-state index is 5.22. The van der Waals surface area contributed by atoms with Gasteiger partial charge in [-0.2, -0.15) is 0 Å². The Balaban J connectivity index is 1.78. The van der Waals surface area contributed by atoms with Gasteiger partial charge < -0.3 is 10.1 Å². The summed E-state index contributed by atoms with van der Waals surface area (Å²) in [5.74, 6) is 0.869. The molecule has 2 aromatic rings. The second-order valence-electron chi connectivity index (χ2n) is 4.38. The maximum absolute atomic E-state index is 5.22. The molecule has 0 aliphatic carbocycles. The molecule has 0 aromatic heterocycles. The second kappa shape index (κ2) is 7.31. The number of hydrogen-bond acceptors (Lipinski definition) is 2. The van der Waals surface area contributed by atoms with Crippen LogP contribution in [0.2, 0.25) is 0 Å². The van der Waals surface area contributed by atoms with Crippen LogP contribution in [-0.4, -0.2) is 13.7 Å². The van der Waals surface area contributed by atoms with Crippen LogP contribution >= 0.6 is 15.9 Å². The van der Waals surface area contributed by atoms with E-state index < -0.39 is 0 Å². The molecule has 0 heterocycles. The highest BCUT2D eigenvalue weighted by Crippen LogP contribution is 2.25. The number of ether oxygens (including phenoxy) is 1. The third-order valence-electron chi connectivity index (χ3n) is 2.98. The number of benzene rings is 2. The minimum atomic E-state index is 0.869. The molecule has 0 radical (unpaired) electrons. The molecular weight excluding hydrogens is 302 g/mol. The standard InChI is InChI=1S/C16H18BrNO/c1-19-16-8-7-14(11-15(16)17)12-18-10-9-13-5-3-2-4-6-13/h2-8,11,18H,9-10,12H2,1H3. The van der Waals surface area contributed by atoms with Crippen molar-refractivity contribution in [2.75, 3.05) is 13.7 Å². The molecular formula is C16H18BrNO. The summed E-state index contributed by atoms with van der Waals surface area (Å²) in [7, 11) is 1.68. The average Bonchev–Trinajstić information content (AvgIpc) is 2.45. The van der Waals surface area contributed by atoms with Crippen LogP contribution in [0.3, 0.4) is 0 Å². The van der Waals surface area contributed by atoms with Gasteiger partial charge in [0, 0.05) is 6.54 Å². The van der Waals surface area contributed by atoms with Gasteiger partial charge >= 0.3 is 0 Å². The van der Waals surface area contributed by atoms with Crippen molar-refractivity contribution in [1.82, 2.24) is 5.32 Å². The van der Waals surface area contributed by atoms with E-state index in [-0.39, 0.29) is 0 Å². The molecule has 0 saturated carbocycles. The highest BCUT2D eigenvalue weighted by Gasteiger charge is 2.01. The minimum absolute atomic E-state index is 0.869. The van der Waals surface area contributed by atoms with Crippen LogP contribution in [0.15, 0.2) is 53.0 Å². The predicted molar refractivity (Wildman–Crippen MR) is 82.5 cm³/mol. The van der Waals surface area contributed by atoms with Crippen molar-refractivity contribution < 1.29 is 4.74 Å². The summed E-state index contributed by atoms with van der Waals surface area (Å²) in [5, 5.41) is 3.45. The molecule has 0 aliphatic heterocycles. The fraction of sp³-hybridized carbons (Fsp3) is 0.250. The third kappa shape index (κ3) is 4.37. The number of halogens is 1. The van der Waals surface area contributed by atoms with E-state index in [0.717, 1.165) is 29.7 Å². The summed E-state index contributed by atoms with van der Waals surface area (Å²) in [6.07, 6.45) is 1.05. The maximum Gasteiger partial charge on any atom is 0.133 e. The Morgan fingerprint density at radius 3 is 2.53 bits per heavy atom. The Kier molecular flexibility index (Phi) is 5.43. The Morgan fingerprint density at radius 2 is 1.84 bits per heavy atom. The van der Waals surface area contributed by atoms with Gasteiger partial charge in [-0.3, -0.25) is 0 Å². The van der Waals surface area contributed by atoms with Gasteiger partial charge in [0.15, 0.2) is 0 Å². The zero-order valence-electron chi connectivity index (χ0n) is 11.0. The van der Waals surface area contributed by atoms with Crippen molar-refractivity contribution >= 4 is 15.9 Å². The topological polar surface area (TPSA) is 21.3 Å². The van der Waals surface area contributed by atoms with E-state index in [0.29, 0.717) is 0 Å². The lowest BCUT2D eigenvalue weighted by Gasteiger charge is -2.08. The summed E-state index contributed by atoms with van der Waals surface area (Å²) in [5.41, 5.74) is 2.62. The molecule has 2 nitrogen and oxygen atoms in total. The molecule has 0 fully saturated rings. The van der Waals surface area contributed by atoms with Gasteiger partial charge in [0.25, 0.3) is 0 Å². The molecule has 2 rings (SSSR count). The smallest absolute Gasteiger partial charge is 0.133 e. The molecule has 0 amide bonds. The van der Waals surface area contributed by atoms with Crippen molar-refractivity contribution in [3.63, 3.8) is 0 Å². The molecule has 0 saturated heterocycles. The number of rotatable bonds is 6. The van der Waals surface area contributed by atoms with Gasteiger partial charge in [-0.05, 0) is 52.2 Å². The summed E-state index contributed by atoms with van der Waals surface area (Å²) in [6.45, 7) is 1.85. The number of nitrogens with one attached hydrogen (secondary N) is 1. The molecule has 2 aromatic carbocycles. The van der Waals surface area contributed by atoms with Gasteiger partial charge in [-0.15, -0.1) is 0 Å². The first kappa shape index (κ1) is 14.1. The molecule has 0 bridgehead atoms. The van der Waals surface area contributed by atoms with Gasteiger partial charge in [-0.25, -0.2) is 0 Å². The van der Waals surface area contributed by atoms with Gasteiger partial charge in [0.1, 0.15) is 5.75 Å². The van der Waals surface area contributed by atoms with Crippen molar-refractivity contribution in [2.24, 2.45) is 0 Å². The SMILES string of the molecule is COc1ccc(CNCCc2ccccc2)cc1Br. The van der Waals surface area contributed by atoms with Crippen molar-refractivity contribution in [1.29, 1.82) is 0 Å². The van der Waals surface area contributed by atoms with E-state index in [2.05, 4.69) is 57.6 Å². The normalized spacial score (nSPS) is 10.4. The quantitative estimate of drug-likeness (QED) is 0.818. The lowest BCUT2D eigenvalue weighted by molar-refractivity contribution is 0.412. The van der Waals surface area contributed by atoms with Crippen LogP contribution in [-0.2, 0) is 13.0 Å². The van der Waals surface area contributed by atoms with Crippen LogP contribution in [0, 0.1) is 0 Å². The summed E-state index contributed by atoms with van der Waals surface area (Å²) < 4.78 is 6.21. The average molecular weight is 320 g/mol. The fourth-order valence-corrected chi connectivity index (χ4v) is 2.52. The molecule has 3 heteroatoms. The van der Waals surface area contributed by atoms with Crippen LogP contribution in [0.5, 0.6) is 5.75 Å². The van der Waals surface area contributed by atoms with Crippen molar-refractivity contribution in [3.05, 3.63) is 64.1 Å². The monoisotopic (exact) mass is 319 g/mol. The molecule has 0 spiro atoms. The zero-order chi connectivity index (χ0) is 13.5. The lowest BCUT2D eigenvalue weighted by Crippen LogP contribution is -2.16. The molecule has 0 unspecified atom stereocenters. The van der Waals surface area contributed by atoms with Crippen LogP contribution < -0.4 is 10.1 Å². The molecule has 100 valence electrons. The minimum Gasteiger partial charge on any atom is -0.496 e. The van der Waals surface area contributed by atoms with E-state index in [9.17, 15) is 0 Å². The number of hydrogen-bond donors (Lipinski definition) is 1. The largest absolute Gasteiger partial charge is 0.496 e. The first-order chi connectivity index (χ1) is 9.29. The highest BCUT2D eigenvalue weighted by molar-refractivity contribution is 9.10. The van der Waals surface area contributed by atoms with Crippen LogP contribution in [0.1, 0.15) is 11.1 Å². The van der Waals surface area contributed by atoms with Gasteiger partial charge in [-0.1, -0.05) is 36.4 Å². The summed E-state index contributed by atoms with van der Waals surface area (Å²) >= 11 is 3.50. The van der Waals surface area contributed by atoms with Crippen molar-refractivity contribution in [2.45, 2.75) is 13.0 Å². The third-order valence-corrected chi connectivity index (χ3v) is 3.60.